The van der Waals surface area contributed by atoms with Crippen molar-refractivity contribution in [2.24, 2.45) is 0 Å². The van der Waals surface area contributed by atoms with E-state index in [0.717, 1.165) is 49.9 Å². The summed E-state index contributed by atoms with van der Waals surface area (Å²) in [4.78, 5) is 9.62. The predicted molar refractivity (Wildman–Crippen MR) is 155 cm³/mol. The summed E-state index contributed by atoms with van der Waals surface area (Å²) >= 11 is 0.471. The van der Waals surface area contributed by atoms with Crippen molar-refractivity contribution in [2.45, 2.75) is 10.6 Å². The molecule has 1 atom stereocenters. The van der Waals surface area contributed by atoms with Crippen LogP contribution in [0.1, 0.15) is 5.56 Å². The molecule has 0 saturated carbocycles. The highest BCUT2D eigenvalue weighted by Crippen LogP contribution is 2.41. The van der Waals surface area contributed by atoms with Crippen LogP contribution in [-0.2, 0) is 16.8 Å². The molecule has 0 spiro atoms. The SMILES string of the molecule is CS(=O)Oc1ccc(-c2cnc3[nH]c4ccc(CSc5ccccc5)cc4c3c2-c2ccccc2)cc1. The topological polar surface area (TPSA) is 55.0 Å². The van der Waals surface area contributed by atoms with E-state index in [-0.39, 0.29) is 0 Å². The molecule has 6 aromatic rings. The predicted octanol–water partition coefficient (Wildman–Crippen LogP) is 8.01. The summed E-state index contributed by atoms with van der Waals surface area (Å²) in [6.07, 6.45) is 3.45. The molecule has 0 aliphatic carbocycles. The third-order valence-corrected chi connectivity index (χ3v) is 7.79. The second-order valence-electron chi connectivity index (χ2n) is 8.75. The summed E-state index contributed by atoms with van der Waals surface area (Å²) in [5, 5.41) is 2.27. The summed E-state index contributed by atoms with van der Waals surface area (Å²) in [6, 6.07) is 35.3. The number of hydrogen-bond acceptors (Lipinski definition) is 4. The molecule has 1 N–H and O–H groups in total. The zero-order valence-electron chi connectivity index (χ0n) is 20.2. The van der Waals surface area contributed by atoms with Crippen LogP contribution >= 0.6 is 11.8 Å². The highest BCUT2D eigenvalue weighted by atomic mass is 32.2. The second kappa shape index (κ2) is 10.2. The normalized spacial score (nSPS) is 12.1. The lowest BCUT2D eigenvalue weighted by Crippen LogP contribution is -1.96. The molecule has 6 rings (SSSR count). The standard InChI is InChI=1S/C31H24N2O2S2/c1-37(34)35-24-15-13-22(14-16-24)27-19-32-31-30(29(27)23-8-4-2-5-9-23)26-18-21(12-17-28(26)33-31)20-36-25-10-6-3-7-11-25/h2-19H,20H2,1H3,(H,32,33). The Balaban J connectivity index is 1.50. The van der Waals surface area contributed by atoms with Crippen LogP contribution in [0.15, 0.2) is 114 Å². The number of thioether (sulfide) groups is 1. The summed E-state index contributed by atoms with van der Waals surface area (Å²) < 4.78 is 16.8. The van der Waals surface area contributed by atoms with E-state index in [2.05, 4.69) is 71.7 Å². The maximum Gasteiger partial charge on any atom is 0.203 e. The summed E-state index contributed by atoms with van der Waals surface area (Å²) in [5.41, 5.74) is 7.52. The van der Waals surface area contributed by atoms with Gasteiger partial charge in [0.1, 0.15) is 11.4 Å². The maximum atomic E-state index is 11.5. The van der Waals surface area contributed by atoms with Gasteiger partial charge in [-0.1, -0.05) is 66.7 Å². The van der Waals surface area contributed by atoms with E-state index >= 15 is 0 Å². The van der Waals surface area contributed by atoms with Gasteiger partial charge in [-0.25, -0.2) is 9.19 Å². The van der Waals surface area contributed by atoms with Gasteiger partial charge < -0.3 is 9.17 Å². The minimum atomic E-state index is -1.37. The molecule has 0 aliphatic rings. The van der Waals surface area contributed by atoms with Crippen LogP contribution in [0.25, 0.3) is 44.2 Å². The fourth-order valence-corrected chi connectivity index (χ4v) is 5.87. The number of H-pyrrole nitrogens is 1. The Bertz CT molecular complexity index is 1710. The van der Waals surface area contributed by atoms with Gasteiger partial charge in [0.05, 0.1) is 0 Å². The molecular weight excluding hydrogens is 496 g/mol. The Morgan fingerprint density at radius 1 is 0.865 bits per heavy atom. The van der Waals surface area contributed by atoms with Crippen molar-refractivity contribution in [2.75, 3.05) is 6.26 Å². The molecule has 182 valence electrons. The first-order chi connectivity index (χ1) is 18.2. The molecule has 4 nitrogen and oxygen atoms in total. The first-order valence-electron chi connectivity index (χ1n) is 11.9. The van der Waals surface area contributed by atoms with E-state index in [0.29, 0.717) is 5.75 Å². The van der Waals surface area contributed by atoms with Gasteiger partial charge in [0.25, 0.3) is 0 Å². The van der Waals surface area contributed by atoms with Crippen LogP contribution in [0, 0.1) is 0 Å². The van der Waals surface area contributed by atoms with Crippen LogP contribution in [-0.4, -0.2) is 20.4 Å². The van der Waals surface area contributed by atoms with Gasteiger partial charge in [-0.15, -0.1) is 11.8 Å². The average molecular weight is 521 g/mol. The van der Waals surface area contributed by atoms with Crippen molar-refractivity contribution in [3.63, 3.8) is 0 Å². The van der Waals surface area contributed by atoms with E-state index in [4.69, 9.17) is 9.17 Å². The van der Waals surface area contributed by atoms with Crippen LogP contribution in [0.2, 0.25) is 0 Å². The highest BCUT2D eigenvalue weighted by molar-refractivity contribution is 7.98. The quantitative estimate of drug-likeness (QED) is 0.217. The Morgan fingerprint density at radius 3 is 2.32 bits per heavy atom. The van der Waals surface area contributed by atoms with E-state index in [1.165, 1.54) is 16.7 Å². The number of nitrogens with zero attached hydrogens (tertiary/aromatic N) is 1. The van der Waals surface area contributed by atoms with Gasteiger partial charge in [-0.3, -0.25) is 0 Å². The lowest BCUT2D eigenvalue weighted by molar-refractivity contribution is 0.568. The van der Waals surface area contributed by atoms with E-state index in [9.17, 15) is 4.21 Å². The van der Waals surface area contributed by atoms with Crippen LogP contribution in [0.5, 0.6) is 5.75 Å². The first-order valence-corrected chi connectivity index (χ1v) is 14.4. The lowest BCUT2D eigenvalue weighted by Gasteiger charge is -2.13. The zero-order valence-corrected chi connectivity index (χ0v) is 21.8. The minimum absolute atomic E-state index is 0.576. The van der Waals surface area contributed by atoms with Gasteiger partial charge in [-0.2, -0.15) is 0 Å². The number of fused-ring (bicyclic) bond motifs is 3. The van der Waals surface area contributed by atoms with Crippen molar-refractivity contribution in [3.05, 3.63) is 115 Å². The van der Waals surface area contributed by atoms with Crippen molar-refractivity contribution in [3.8, 4) is 28.0 Å². The lowest BCUT2D eigenvalue weighted by atomic mass is 9.92. The molecule has 2 aromatic heterocycles. The van der Waals surface area contributed by atoms with E-state index in [1.807, 2.05) is 54.4 Å². The molecular formula is C31H24N2O2S2. The fraction of sp³-hybridized carbons (Fsp3) is 0.0645. The highest BCUT2D eigenvalue weighted by Gasteiger charge is 2.17. The van der Waals surface area contributed by atoms with Gasteiger partial charge in [0.15, 0.2) is 0 Å². The molecule has 0 saturated heterocycles. The molecule has 0 radical (unpaired) electrons. The molecule has 4 aromatic carbocycles. The number of pyridine rings is 1. The second-order valence-corrected chi connectivity index (χ2v) is 10.8. The first kappa shape index (κ1) is 23.5. The minimum Gasteiger partial charge on any atom is -0.401 e. The Kier molecular flexibility index (Phi) is 6.51. The van der Waals surface area contributed by atoms with E-state index in [1.54, 1.807) is 0 Å². The third kappa shape index (κ3) is 4.90. The Morgan fingerprint density at radius 2 is 1.59 bits per heavy atom. The zero-order chi connectivity index (χ0) is 25.2. The fourth-order valence-electron chi connectivity index (χ4n) is 4.63. The number of hydrogen-bond donors (Lipinski definition) is 1. The van der Waals surface area contributed by atoms with Gasteiger partial charge in [0, 0.05) is 50.5 Å². The monoisotopic (exact) mass is 520 g/mol. The largest absolute Gasteiger partial charge is 0.401 e. The Labute approximate surface area is 222 Å². The molecule has 0 bridgehead atoms. The Hall–Kier alpha value is -3.87. The number of rotatable bonds is 7. The molecule has 37 heavy (non-hydrogen) atoms. The van der Waals surface area contributed by atoms with Crippen LogP contribution in [0.4, 0.5) is 0 Å². The number of aromatic nitrogens is 2. The molecule has 6 heteroatoms. The van der Waals surface area contributed by atoms with Crippen LogP contribution < -0.4 is 4.18 Å². The van der Waals surface area contributed by atoms with E-state index < -0.39 is 11.1 Å². The molecule has 2 heterocycles. The van der Waals surface area contributed by atoms with Gasteiger partial charge in [0.2, 0.25) is 11.1 Å². The molecule has 1 unspecified atom stereocenters. The molecule has 0 aliphatic heterocycles. The molecule has 0 amide bonds. The smallest absolute Gasteiger partial charge is 0.203 e. The average Bonchev–Trinajstić information content (AvgIpc) is 3.30. The summed E-state index contributed by atoms with van der Waals surface area (Å²) in [7, 11) is 0. The van der Waals surface area contributed by atoms with Crippen LogP contribution in [0.3, 0.4) is 0 Å². The van der Waals surface area contributed by atoms with Crippen molar-refractivity contribution >= 4 is 44.8 Å². The van der Waals surface area contributed by atoms with Crippen molar-refractivity contribution in [1.82, 2.24) is 9.97 Å². The van der Waals surface area contributed by atoms with Crippen molar-refractivity contribution < 1.29 is 8.39 Å². The summed E-state index contributed by atoms with van der Waals surface area (Å²) in [6.45, 7) is 0. The molecule has 0 fully saturated rings. The van der Waals surface area contributed by atoms with Gasteiger partial charge >= 0.3 is 0 Å². The summed E-state index contributed by atoms with van der Waals surface area (Å²) in [5.74, 6) is 1.47. The maximum absolute atomic E-state index is 11.5. The third-order valence-electron chi connectivity index (χ3n) is 6.28. The number of benzene rings is 4. The number of nitrogens with one attached hydrogen (secondary N) is 1. The van der Waals surface area contributed by atoms with Gasteiger partial charge in [-0.05, 0) is 53.1 Å². The number of aromatic amines is 1. The van der Waals surface area contributed by atoms with Crippen molar-refractivity contribution in [1.29, 1.82) is 0 Å².